The van der Waals surface area contributed by atoms with E-state index in [2.05, 4.69) is 0 Å². The number of Topliss-reactive ketones (excluding diaryl/α,β-unsaturated/α-hetero) is 4. The van der Waals surface area contributed by atoms with Crippen molar-refractivity contribution in [3.8, 4) is 0 Å². The van der Waals surface area contributed by atoms with E-state index in [-0.39, 0.29) is 34.3 Å². The van der Waals surface area contributed by atoms with Gasteiger partial charge in [0.15, 0.2) is 23.1 Å². The fourth-order valence-corrected chi connectivity index (χ4v) is 9.95. The molecule has 9 rings (SSSR count). The van der Waals surface area contributed by atoms with Gasteiger partial charge in [0, 0.05) is 94.0 Å². The van der Waals surface area contributed by atoms with Crippen molar-refractivity contribution in [3.63, 3.8) is 0 Å². The van der Waals surface area contributed by atoms with Gasteiger partial charge in [0.1, 0.15) is 0 Å². The standard InChI is InChI=1S/C46H40N2O8/c49-35-12-2-8-31-41(35)39(42-32(9-3-13-36(42)50)47(31)29-20-16-25(17-21-29)45(53)54)27-6-1-7-28(24-27)40-43-33(10-4-14-37(43)51)48(34-11-5-15-38(52)44(34)40)30-22-18-26(19-23-30)46(55)56/h1,6-7,16-24,39-40H,2-5,8-15H2,(H,53,54)(H,55,56). The number of benzene rings is 3. The molecule has 4 aliphatic carbocycles. The van der Waals surface area contributed by atoms with Gasteiger partial charge in [-0.3, -0.25) is 19.2 Å². The fraction of sp³-hybridized carbons (Fsp3) is 0.304. The van der Waals surface area contributed by atoms with Gasteiger partial charge in [-0.2, -0.15) is 0 Å². The van der Waals surface area contributed by atoms with Crippen molar-refractivity contribution in [1.82, 2.24) is 0 Å². The van der Waals surface area contributed by atoms with E-state index in [1.807, 2.05) is 34.1 Å². The van der Waals surface area contributed by atoms with Gasteiger partial charge in [-0.05, 0) is 111 Å². The molecule has 0 radical (unpaired) electrons. The maximum Gasteiger partial charge on any atom is 0.335 e. The molecule has 0 saturated heterocycles. The third-order valence-corrected chi connectivity index (χ3v) is 12.3. The van der Waals surface area contributed by atoms with Crippen LogP contribution in [0.15, 0.2) is 118 Å². The second-order valence-corrected chi connectivity index (χ2v) is 15.5. The van der Waals surface area contributed by atoms with Crippen LogP contribution >= 0.6 is 0 Å². The zero-order valence-electron chi connectivity index (χ0n) is 30.8. The van der Waals surface area contributed by atoms with Crippen LogP contribution in [0.3, 0.4) is 0 Å². The van der Waals surface area contributed by atoms with Gasteiger partial charge in [-0.25, -0.2) is 9.59 Å². The smallest absolute Gasteiger partial charge is 0.335 e. The number of carbonyl (C=O) groups excluding carboxylic acids is 4. The highest BCUT2D eigenvalue weighted by Crippen LogP contribution is 2.53. The summed E-state index contributed by atoms with van der Waals surface area (Å²) in [4.78, 5) is 84.0. The Hall–Kier alpha value is -6.16. The maximum absolute atomic E-state index is 14.2. The summed E-state index contributed by atoms with van der Waals surface area (Å²) in [6, 6.07) is 20.9. The maximum atomic E-state index is 14.2. The molecule has 56 heavy (non-hydrogen) atoms. The first-order valence-electron chi connectivity index (χ1n) is 19.5. The van der Waals surface area contributed by atoms with Gasteiger partial charge in [0.2, 0.25) is 0 Å². The van der Waals surface area contributed by atoms with Crippen molar-refractivity contribution in [2.45, 2.75) is 88.9 Å². The number of carboxylic acid groups (broad SMARTS) is 2. The van der Waals surface area contributed by atoms with Crippen LogP contribution in [0.2, 0.25) is 0 Å². The summed E-state index contributed by atoms with van der Waals surface area (Å²) in [5.41, 5.74) is 8.85. The number of hydrogen-bond donors (Lipinski definition) is 2. The Morgan fingerprint density at radius 1 is 0.446 bits per heavy atom. The summed E-state index contributed by atoms with van der Waals surface area (Å²) in [7, 11) is 0. The lowest BCUT2D eigenvalue weighted by Crippen LogP contribution is -2.40. The number of aromatic carboxylic acids is 2. The number of carboxylic acids is 2. The third-order valence-electron chi connectivity index (χ3n) is 12.3. The Morgan fingerprint density at radius 2 is 0.750 bits per heavy atom. The van der Waals surface area contributed by atoms with Crippen molar-refractivity contribution < 1.29 is 39.0 Å². The molecule has 0 atom stereocenters. The van der Waals surface area contributed by atoms with E-state index < -0.39 is 23.8 Å². The van der Waals surface area contributed by atoms with Crippen LogP contribution in [0.5, 0.6) is 0 Å². The van der Waals surface area contributed by atoms with Gasteiger partial charge in [-0.1, -0.05) is 24.3 Å². The van der Waals surface area contributed by atoms with Crippen LogP contribution in [-0.2, 0) is 19.2 Å². The lowest BCUT2D eigenvalue weighted by atomic mass is 9.68. The van der Waals surface area contributed by atoms with Gasteiger partial charge in [0.25, 0.3) is 0 Å². The van der Waals surface area contributed by atoms with Crippen molar-refractivity contribution in [1.29, 1.82) is 0 Å². The zero-order chi connectivity index (χ0) is 38.8. The number of ketones is 4. The monoisotopic (exact) mass is 748 g/mol. The first kappa shape index (κ1) is 35.5. The molecule has 0 fully saturated rings. The molecule has 10 nitrogen and oxygen atoms in total. The Labute approximate surface area is 323 Å². The number of carbonyl (C=O) groups is 6. The quantitative estimate of drug-likeness (QED) is 0.252. The lowest BCUT2D eigenvalue weighted by molar-refractivity contribution is -0.118. The summed E-state index contributed by atoms with van der Waals surface area (Å²) in [5.74, 6) is -3.44. The van der Waals surface area contributed by atoms with Gasteiger partial charge in [-0.15, -0.1) is 0 Å². The van der Waals surface area contributed by atoms with Crippen molar-refractivity contribution in [2.24, 2.45) is 0 Å². The molecule has 282 valence electrons. The van der Waals surface area contributed by atoms with Gasteiger partial charge in [0.05, 0.1) is 11.1 Å². The van der Waals surface area contributed by atoms with E-state index in [4.69, 9.17) is 0 Å². The minimum absolute atomic E-state index is 0.0270. The second-order valence-electron chi connectivity index (χ2n) is 15.5. The van der Waals surface area contributed by atoms with E-state index >= 15 is 0 Å². The fourth-order valence-electron chi connectivity index (χ4n) is 9.95. The minimum Gasteiger partial charge on any atom is -0.478 e. The molecule has 3 aromatic rings. The summed E-state index contributed by atoms with van der Waals surface area (Å²) < 4.78 is 0. The molecule has 0 amide bonds. The molecule has 2 heterocycles. The molecule has 2 aliphatic heterocycles. The summed E-state index contributed by atoms with van der Waals surface area (Å²) in [6.45, 7) is 0. The number of hydrogen-bond acceptors (Lipinski definition) is 8. The van der Waals surface area contributed by atoms with Crippen molar-refractivity contribution >= 4 is 46.4 Å². The van der Waals surface area contributed by atoms with Crippen molar-refractivity contribution in [2.75, 3.05) is 9.80 Å². The van der Waals surface area contributed by atoms with E-state index in [1.165, 1.54) is 0 Å². The highest BCUT2D eigenvalue weighted by Gasteiger charge is 2.46. The van der Waals surface area contributed by atoms with Crippen LogP contribution in [-0.4, -0.2) is 45.3 Å². The molecule has 0 unspecified atom stereocenters. The van der Waals surface area contributed by atoms with Crippen LogP contribution in [0, 0.1) is 0 Å². The van der Waals surface area contributed by atoms with Gasteiger partial charge >= 0.3 is 11.9 Å². The second kappa shape index (κ2) is 13.8. The Kier molecular flexibility index (Phi) is 8.79. The molecule has 0 spiro atoms. The summed E-state index contributed by atoms with van der Waals surface area (Å²) in [5, 5.41) is 19.1. The molecule has 6 aliphatic rings. The molecule has 10 heteroatoms. The summed E-state index contributed by atoms with van der Waals surface area (Å²) >= 11 is 0. The third kappa shape index (κ3) is 5.69. The normalized spacial score (nSPS) is 20.6. The van der Waals surface area contributed by atoms with Crippen LogP contribution < -0.4 is 9.80 Å². The Morgan fingerprint density at radius 3 is 1.04 bits per heavy atom. The molecule has 0 saturated carbocycles. The SMILES string of the molecule is O=C1CCCC2=C1C(c1cccc(C3C4=C(CCCC4=O)N(c4ccc(C(=O)O)cc4)C4=C3C(=O)CCC4)c1)C1=C(CCCC1=O)N2c1ccc(C(=O)O)cc1. The Balaban J connectivity index is 1.21. The highest BCUT2D eigenvalue weighted by atomic mass is 16.4. The van der Waals surface area contributed by atoms with E-state index in [0.29, 0.717) is 111 Å². The van der Waals surface area contributed by atoms with Crippen molar-refractivity contribution in [3.05, 3.63) is 140 Å². The van der Waals surface area contributed by atoms with Gasteiger partial charge < -0.3 is 20.0 Å². The number of nitrogens with zero attached hydrogens (tertiary/aromatic N) is 2. The predicted molar refractivity (Wildman–Crippen MR) is 207 cm³/mol. The van der Waals surface area contributed by atoms with E-state index in [0.717, 1.165) is 33.9 Å². The van der Waals surface area contributed by atoms with E-state index in [1.54, 1.807) is 48.5 Å². The molecular weight excluding hydrogens is 709 g/mol. The molecule has 3 aromatic carbocycles. The lowest BCUT2D eigenvalue weighted by Gasteiger charge is -2.45. The average Bonchev–Trinajstić information content (AvgIpc) is 3.20. The highest BCUT2D eigenvalue weighted by molar-refractivity contribution is 6.09. The molecular formula is C46H40N2O8. The number of anilines is 2. The van der Waals surface area contributed by atoms with Crippen LogP contribution in [0.1, 0.15) is 121 Å². The molecule has 2 N–H and O–H groups in total. The average molecular weight is 749 g/mol. The van der Waals surface area contributed by atoms with Crippen LogP contribution in [0.25, 0.3) is 0 Å². The number of rotatable bonds is 6. The minimum atomic E-state index is -1.04. The van der Waals surface area contributed by atoms with E-state index in [9.17, 15) is 39.0 Å². The number of allylic oxidation sites excluding steroid dienone is 8. The zero-order valence-corrected chi connectivity index (χ0v) is 30.8. The summed E-state index contributed by atoms with van der Waals surface area (Å²) in [6.07, 6.45) is 6.46. The first-order chi connectivity index (χ1) is 27.1. The molecule has 0 bridgehead atoms. The first-order valence-corrected chi connectivity index (χ1v) is 19.5. The van der Waals surface area contributed by atoms with Crippen LogP contribution in [0.4, 0.5) is 11.4 Å². The Bertz CT molecular complexity index is 2160. The largest absolute Gasteiger partial charge is 0.478 e. The topological polar surface area (TPSA) is 149 Å². The molecule has 0 aromatic heterocycles. The predicted octanol–water partition coefficient (Wildman–Crippen LogP) is 8.32.